The van der Waals surface area contributed by atoms with Gasteiger partial charge in [0.05, 0.1) is 6.20 Å². The number of amides is 1. The Labute approximate surface area is 62.0 Å². The van der Waals surface area contributed by atoms with E-state index in [0.717, 1.165) is 0 Å². The Morgan fingerprint density at radius 2 is 2.64 bits per heavy atom. The minimum Gasteiger partial charge on any atom is -0.289 e. The summed E-state index contributed by atoms with van der Waals surface area (Å²) in [6.07, 6.45) is 1.25. The maximum atomic E-state index is 10.8. The van der Waals surface area contributed by atoms with Crippen molar-refractivity contribution in [3.8, 4) is 6.07 Å². The third-order valence-corrected chi connectivity index (χ3v) is 1.12. The fourth-order valence-electron chi connectivity index (χ4n) is 0.616. The van der Waals surface area contributed by atoms with Crippen LogP contribution in [0, 0.1) is 11.3 Å². The third kappa shape index (κ3) is 1.17. The molecule has 0 fully saturated rings. The van der Waals surface area contributed by atoms with Crippen molar-refractivity contribution in [1.82, 2.24) is 15.6 Å². The molecular formula is C5H5N5O. The highest BCUT2D eigenvalue weighted by molar-refractivity contribution is 5.93. The molecule has 0 atom stereocenters. The second kappa shape index (κ2) is 2.81. The highest BCUT2D eigenvalue weighted by atomic mass is 16.2. The number of hydrogen-bond donors (Lipinski definition) is 3. The topological polar surface area (TPSA) is 108 Å². The zero-order chi connectivity index (χ0) is 8.27. The van der Waals surface area contributed by atoms with Gasteiger partial charge in [-0.05, 0) is 0 Å². The number of nitrogens with two attached hydrogens (primary N) is 1. The molecule has 0 unspecified atom stereocenters. The molecule has 6 nitrogen and oxygen atoms in total. The van der Waals surface area contributed by atoms with Gasteiger partial charge in [-0.1, -0.05) is 0 Å². The first-order chi connectivity index (χ1) is 5.29. The summed E-state index contributed by atoms with van der Waals surface area (Å²) < 4.78 is 0. The van der Waals surface area contributed by atoms with Crippen LogP contribution in [0.5, 0.6) is 0 Å². The summed E-state index contributed by atoms with van der Waals surface area (Å²) in [4.78, 5) is 10.8. The third-order valence-electron chi connectivity index (χ3n) is 1.12. The quantitative estimate of drug-likeness (QED) is 0.268. The Bertz CT molecular complexity index is 309. The van der Waals surface area contributed by atoms with Crippen LogP contribution >= 0.6 is 0 Å². The molecular weight excluding hydrogens is 146 g/mol. The molecule has 0 radical (unpaired) electrons. The van der Waals surface area contributed by atoms with Gasteiger partial charge in [-0.3, -0.25) is 15.3 Å². The van der Waals surface area contributed by atoms with Crippen molar-refractivity contribution in [1.29, 1.82) is 5.26 Å². The number of carbonyl (C=O) groups is 1. The average Bonchev–Trinajstić information content (AvgIpc) is 2.50. The van der Waals surface area contributed by atoms with Gasteiger partial charge >= 0.3 is 0 Å². The number of nitrogen functional groups attached to an aromatic ring is 1. The van der Waals surface area contributed by atoms with Crippen LogP contribution in [0.4, 0.5) is 0 Å². The van der Waals surface area contributed by atoms with E-state index < -0.39 is 5.91 Å². The summed E-state index contributed by atoms with van der Waals surface area (Å²) in [6.45, 7) is 0. The second-order valence-corrected chi connectivity index (χ2v) is 1.74. The van der Waals surface area contributed by atoms with Crippen molar-refractivity contribution in [2.75, 3.05) is 0 Å². The minimum absolute atomic E-state index is 0.0787. The number of H-pyrrole nitrogens is 1. The number of hydrogen-bond acceptors (Lipinski definition) is 4. The van der Waals surface area contributed by atoms with Crippen molar-refractivity contribution in [3.05, 3.63) is 17.5 Å². The van der Waals surface area contributed by atoms with E-state index in [4.69, 9.17) is 11.1 Å². The van der Waals surface area contributed by atoms with Gasteiger partial charge in [-0.2, -0.15) is 10.4 Å². The number of aromatic amines is 1. The average molecular weight is 151 g/mol. The summed E-state index contributed by atoms with van der Waals surface area (Å²) in [5, 5.41) is 14.3. The lowest BCUT2D eigenvalue weighted by Gasteiger charge is -1.92. The molecule has 56 valence electrons. The van der Waals surface area contributed by atoms with Crippen LogP contribution in [-0.4, -0.2) is 16.1 Å². The maximum Gasteiger partial charge on any atom is 0.284 e. The van der Waals surface area contributed by atoms with Crippen molar-refractivity contribution in [3.63, 3.8) is 0 Å². The fraction of sp³-hybridized carbons (Fsp3) is 0. The molecule has 1 aromatic rings. The lowest BCUT2D eigenvalue weighted by molar-refractivity contribution is 0.0948. The summed E-state index contributed by atoms with van der Waals surface area (Å²) in [7, 11) is 0. The van der Waals surface area contributed by atoms with E-state index >= 15 is 0 Å². The van der Waals surface area contributed by atoms with Gasteiger partial charge in [-0.15, -0.1) is 0 Å². The van der Waals surface area contributed by atoms with Crippen LogP contribution in [0.15, 0.2) is 6.20 Å². The number of nitriles is 1. The molecule has 0 bridgehead atoms. The van der Waals surface area contributed by atoms with Crippen molar-refractivity contribution in [2.45, 2.75) is 0 Å². The zero-order valence-corrected chi connectivity index (χ0v) is 5.46. The first kappa shape index (κ1) is 7.24. The largest absolute Gasteiger partial charge is 0.289 e. The molecule has 1 aromatic heterocycles. The lowest BCUT2D eigenvalue weighted by Crippen LogP contribution is -2.30. The molecule has 1 heterocycles. The maximum absolute atomic E-state index is 10.8. The number of aromatic nitrogens is 2. The van der Waals surface area contributed by atoms with Gasteiger partial charge in [0.1, 0.15) is 17.3 Å². The molecule has 11 heavy (non-hydrogen) atoms. The van der Waals surface area contributed by atoms with E-state index in [9.17, 15) is 4.79 Å². The predicted octanol–water partition coefficient (Wildman–Crippen LogP) is -1.12. The standard InChI is InChI=1S/C5H5N5O/c6-1-3-2-8-10-4(3)5(11)9-7/h2H,7H2,(H,8,10)(H,9,11). The highest BCUT2D eigenvalue weighted by Crippen LogP contribution is 2.00. The monoisotopic (exact) mass is 151 g/mol. The van der Waals surface area contributed by atoms with E-state index in [1.165, 1.54) is 6.20 Å². The van der Waals surface area contributed by atoms with E-state index in [0.29, 0.717) is 0 Å². The first-order valence-corrected chi connectivity index (χ1v) is 2.74. The normalized spacial score (nSPS) is 8.73. The zero-order valence-electron chi connectivity index (χ0n) is 5.46. The Morgan fingerprint density at radius 3 is 3.18 bits per heavy atom. The van der Waals surface area contributed by atoms with Crippen molar-refractivity contribution >= 4 is 5.91 Å². The van der Waals surface area contributed by atoms with E-state index in [1.807, 2.05) is 5.43 Å². The molecule has 0 saturated heterocycles. The van der Waals surface area contributed by atoms with Crippen LogP contribution < -0.4 is 11.3 Å². The van der Waals surface area contributed by atoms with E-state index in [1.54, 1.807) is 6.07 Å². The number of nitrogens with one attached hydrogen (secondary N) is 2. The number of hydrazine groups is 1. The van der Waals surface area contributed by atoms with Crippen LogP contribution in [0.1, 0.15) is 16.1 Å². The molecule has 1 amide bonds. The Kier molecular flexibility index (Phi) is 1.85. The van der Waals surface area contributed by atoms with Gasteiger partial charge in [0.15, 0.2) is 0 Å². The van der Waals surface area contributed by atoms with Gasteiger partial charge < -0.3 is 0 Å². The SMILES string of the molecule is N#Cc1cn[nH]c1C(=O)NN. The van der Waals surface area contributed by atoms with Crippen LogP contribution in [0.2, 0.25) is 0 Å². The van der Waals surface area contributed by atoms with Crippen molar-refractivity contribution in [2.24, 2.45) is 5.84 Å². The molecule has 0 spiro atoms. The molecule has 0 aliphatic rings. The van der Waals surface area contributed by atoms with Gasteiger partial charge in [0.2, 0.25) is 0 Å². The summed E-state index contributed by atoms with van der Waals surface area (Å²) in [5.41, 5.74) is 2.13. The molecule has 0 aromatic carbocycles. The van der Waals surface area contributed by atoms with Crippen LogP contribution in [-0.2, 0) is 0 Å². The Balaban J connectivity index is 3.05. The van der Waals surface area contributed by atoms with Gasteiger partial charge in [0, 0.05) is 0 Å². The lowest BCUT2D eigenvalue weighted by atomic mass is 10.3. The molecule has 4 N–H and O–H groups in total. The minimum atomic E-state index is -0.556. The van der Waals surface area contributed by atoms with Gasteiger partial charge in [0.25, 0.3) is 5.91 Å². The first-order valence-electron chi connectivity index (χ1n) is 2.74. The fourth-order valence-corrected chi connectivity index (χ4v) is 0.616. The van der Waals surface area contributed by atoms with Crippen molar-refractivity contribution < 1.29 is 4.79 Å². The molecule has 0 aliphatic carbocycles. The molecule has 0 saturated carbocycles. The summed E-state index contributed by atoms with van der Waals surface area (Å²) in [6, 6.07) is 1.78. The Morgan fingerprint density at radius 1 is 1.91 bits per heavy atom. The van der Waals surface area contributed by atoms with Gasteiger partial charge in [-0.25, -0.2) is 5.84 Å². The Hall–Kier alpha value is -1.87. The molecule has 1 rings (SSSR count). The number of rotatable bonds is 1. The smallest absolute Gasteiger partial charge is 0.284 e. The molecule has 0 aliphatic heterocycles. The number of carbonyl (C=O) groups excluding carboxylic acids is 1. The number of nitrogens with zero attached hydrogens (tertiary/aromatic N) is 2. The summed E-state index contributed by atoms with van der Waals surface area (Å²) >= 11 is 0. The predicted molar refractivity (Wildman–Crippen MR) is 35.0 cm³/mol. The highest BCUT2D eigenvalue weighted by Gasteiger charge is 2.10. The second-order valence-electron chi connectivity index (χ2n) is 1.74. The molecule has 6 heteroatoms. The van der Waals surface area contributed by atoms with E-state index in [-0.39, 0.29) is 11.3 Å². The summed E-state index contributed by atoms with van der Waals surface area (Å²) in [5.74, 6) is 4.27. The van der Waals surface area contributed by atoms with E-state index in [2.05, 4.69) is 10.2 Å². The van der Waals surface area contributed by atoms with Crippen LogP contribution in [0.3, 0.4) is 0 Å². The van der Waals surface area contributed by atoms with Crippen LogP contribution in [0.25, 0.3) is 0 Å².